The van der Waals surface area contributed by atoms with Crippen molar-refractivity contribution in [3.05, 3.63) is 0 Å². The number of hydrogen-bond acceptors (Lipinski definition) is 2. The maximum absolute atomic E-state index is 9.15. The van der Waals surface area contributed by atoms with E-state index in [4.69, 9.17) is 9.84 Å². The molecule has 1 N–H and O–H groups in total. The van der Waals surface area contributed by atoms with E-state index in [9.17, 15) is 0 Å². The van der Waals surface area contributed by atoms with Crippen molar-refractivity contribution in [2.24, 2.45) is 11.3 Å². The van der Waals surface area contributed by atoms with E-state index in [-0.39, 0.29) is 18.3 Å². The van der Waals surface area contributed by atoms with Crippen LogP contribution in [0.25, 0.3) is 0 Å². The fourth-order valence-corrected chi connectivity index (χ4v) is 3.97. The first-order valence-electron chi connectivity index (χ1n) is 6.23. The van der Waals surface area contributed by atoms with Crippen LogP contribution in [0.1, 0.15) is 52.9 Å². The van der Waals surface area contributed by atoms with Crippen molar-refractivity contribution in [2.45, 2.75) is 64.6 Å². The van der Waals surface area contributed by atoms with Gasteiger partial charge in [0.15, 0.2) is 0 Å². The van der Waals surface area contributed by atoms with Gasteiger partial charge in [0.05, 0.1) is 18.3 Å². The molecule has 1 spiro atoms. The van der Waals surface area contributed by atoms with Crippen molar-refractivity contribution < 1.29 is 9.84 Å². The molecule has 2 heteroatoms. The average Bonchev–Trinajstić information content (AvgIpc) is 2.44. The molecule has 0 radical (unpaired) electrons. The van der Waals surface area contributed by atoms with Gasteiger partial charge < -0.3 is 9.84 Å². The molecular formula is C13H24O2. The molecule has 0 bridgehead atoms. The fraction of sp³-hybridized carbons (Fsp3) is 1.00. The fourth-order valence-electron chi connectivity index (χ4n) is 3.97. The molecular weight excluding hydrogens is 188 g/mol. The standard InChI is InChI=1S/C13H24O2/c1-10-6-12(2,3)9-13(7-10)5-4-11(8-14)15-13/h10-11,14H,4-9H2,1-3H3/t10-,11-,13-/m1/s1. The maximum Gasteiger partial charge on any atom is 0.0814 e. The summed E-state index contributed by atoms with van der Waals surface area (Å²) in [6.07, 6.45) is 5.95. The van der Waals surface area contributed by atoms with Crippen molar-refractivity contribution in [1.29, 1.82) is 0 Å². The number of hydrogen-bond donors (Lipinski definition) is 1. The van der Waals surface area contributed by atoms with Crippen LogP contribution in [0.3, 0.4) is 0 Å². The number of rotatable bonds is 1. The maximum atomic E-state index is 9.15. The van der Waals surface area contributed by atoms with Crippen LogP contribution in [0.5, 0.6) is 0 Å². The molecule has 2 nitrogen and oxygen atoms in total. The van der Waals surface area contributed by atoms with Crippen LogP contribution in [0, 0.1) is 11.3 Å². The largest absolute Gasteiger partial charge is 0.394 e. The highest BCUT2D eigenvalue weighted by Gasteiger charge is 2.47. The first-order valence-corrected chi connectivity index (χ1v) is 6.23. The summed E-state index contributed by atoms with van der Waals surface area (Å²) in [5.74, 6) is 0.756. The Morgan fingerprint density at radius 3 is 2.60 bits per heavy atom. The van der Waals surface area contributed by atoms with Crippen molar-refractivity contribution in [3.63, 3.8) is 0 Å². The molecule has 2 aliphatic rings. The number of aliphatic hydroxyl groups excluding tert-OH is 1. The summed E-state index contributed by atoms with van der Waals surface area (Å²) in [5, 5.41) is 9.15. The van der Waals surface area contributed by atoms with E-state index in [1.807, 2.05) is 0 Å². The summed E-state index contributed by atoms with van der Waals surface area (Å²) in [6, 6.07) is 0. The first-order chi connectivity index (χ1) is 6.95. The van der Waals surface area contributed by atoms with E-state index in [0.29, 0.717) is 5.41 Å². The summed E-state index contributed by atoms with van der Waals surface area (Å²) < 4.78 is 6.10. The van der Waals surface area contributed by atoms with Gasteiger partial charge in [0.25, 0.3) is 0 Å². The molecule has 0 unspecified atom stereocenters. The third kappa shape index (κ3) is 2.36. The highest BCUT2D eigenvalue weighted by molar-refractivity contribution is 4.98. The lowest BCUT2D eigenvalue weighted by molar-refractivity contribution is -0.113. The molecule has 0 aromatic carbocycles. The molecule has 1 aliphatic carbocycles. The SMILES string of the molecule is C[C@@H]1CC(C)(C)C[C@@]2(CC[C@H](CO)O2)C1. The Morgan fingerprint density at radius 1 is 1.33 bits per heavy atom. The summed E-state index contributed by atoms with van der Waals surface area (Å²) in [6.45, 7) is 7.22. The molecule has 0 amide bonds. The third-order valence-corrected chi connectivity index (χ3v) is 3.96. The second-order valence-electron chi connectivity index (χ2n) is 6.50. The molecule has 0 aromatic heterocycles. The van der Waals surface area contributed by atoms with Gasteiger partial charge in [-0.1, -0.05) is 20.8 Å². The minimum Gasteiger partial charge on any atom is -0.394 e. The van der Waals surface area contributed by atoms with Crippen LogP contribution in [0.4, 0.5) is 0 Å². The number of aliphatic hydroxyl groups is 1. The lowest BCUT2D eigenvalue weighted by Crippen LogP contribution is -2.42. The van der Waals surface area contributed by atoms with Gasteiger partial charge in [-0.15, -0.1) is 0 Å². The van der Waals surface area contributed by atoms with Gasteiger partial charge in [-0.05, 0) is 43.4 Å². The molecule has 0 aromatic rings. The van der Waals surface area contributed by atoms with Crippen molar-refractivity contribution >= 4 is 0 Å². The zero-order valence-electron chi connectivity index (χ0n) is 10.3. The Morgan fingerprint density at radius 2 is 2.07 bits per heavy atom. The molecule has 1 heterocycles. The Bertz CT molecular complexity index is 237. The Kier molecular flexibility index (Phi) is 2.85. The van der Waals surface area contributed by atoms with Gasteiger partial charge in [-0.3, -0.25) is 0 Å². The molecule has 2 rings (SSSR count). The van der Waals surface area contributed by atoms with E-state index in [0.717, 1.165) is 18.8 Å². The number of ether oxygens (including phenoxy) is 1. The van der Waals surface area contributed by atoms with Gasteiger partial charge in [0, 0.05) is 0 Å². The average molecular weight is 212 g/mol. The molecule has 2 fully saturated rings. The van der Waals surface area contributed by atoms with E-state index in [2.05, 4.69) is 20.8 Å². The van der Waals surface area contributed by atoms with Crippen LogP contribution in [0.15, 0.2) is 0 Å². The van der Waals surface area contributed by atoms with Gasteiger partial charge >= 0.3 is 0 Å². The van der Waals surface area contributed by atoms with Crippen molar-refractivity contribution in [3.8, 4) is 0 Å². The minimum atomic E-state index is 0.0918. The highest BCUT2D eigenvalue weighted by Crippen LogP contribution is 2.50. The van der Waals surface area contributed by atoms with Crippen LogP contribution >= 0.6 is 0 Å². The Labute approximate surface area is 93.0 Å². The lowest BCUT2D eigenvalue weighted by atomic mass is 9.65. The van der Waals surface area contributed by atoms with Crippen LogP contribution < -0.4 is 0 Å². The normalized spacial score (nSPS) is 44.8. The Hall–Kier alpha value is -0.0800. The molecule has 3 atom stereocenters. The molecule has 88 valence electrons. The second kappa shape index (κ2) is 3.74. The molecule has 1 aliphatic heterocycles. The smallest absolute Gasteiger partial charge is 0.0814 e. The van der Waals surface area contributed by atoms with E-state index in [1.54, 1.807) is 0 Å². The van der Waals surface area contributed by atoms with E-state index >= 15 is 0 Å². The topological polar surface area (TPSA) is 29.5 Å². The molecule has 1 saturated carbocycles. The summed E-state index contributed by atoms with van der Waals surface area (Å²) in [5.41, 5.74) is 0.497. The summed E-state index contributed by atoms with van der Waals surface area (Å²) in [4.78, 5) is 0. The predicted molar refractivity (Wildman–Crippen MR) is 60.7 cm³/mol. The van der Waals surface area contributed by atoms with Crippen LogP contribution in [0.2, 0.25) is 0 Å². The molecule has 1 saturated heterocycles. The highest BCUT2D eigenvalue weighted by atomic mass is 16.5. The van der Waals surface area contributed by atoms with E-state index < -0.39 is 0 Å². The second-order valence-corrected chi connectivity index (χ2v) is 6.50. The predicted octanol–water partition coefficient (Wildman–Crippen LogP) is 2.74. The zero-order chi connectivity index (χ0) is 11.1. The van der Waals surface area contributed by atoms with E-state index in [1.165, 1.54) is 19.3 Å². The van der Waals surface area contributed by atoms with Gasteiger partial charge in [-0.2, -0.15) is 0 Å². The third-order valence-electron chi connectivity index (χ3n) is 3.96. The quantitative estimate of drug-likeness (QED) is 0.724. The van der Waals surface area contributed by atoms with Gasteiger partial charge in [-0.25, -0.2) is 0 Å². The van der Waals surface area contributed by atoms with Crippen molar-refractivity contribution in [2.75, 3.05) is 6.61 Å². The zero-order valence-corrected chi connectivity index (χ0v) is 10.3. The van der Waals surface area contributed by atoms with Crippen LogP contribution in [-0.2, 0) is 4.74 Å². The van der Waals surface area contributed by atoms with Gasteiger partial charge in [0.2, 0.25) is 0 Å². The first kappa shape index (κ1) is 11.4. The lowest BCUT2D eigenvalue weighted by Gasteiger charge is -2.45. The van der Waals surface area contributed by atoms with Crippen molar-refractivity contribution in [1.82, 2.24) is 0 Å². The van der Waals surface area contributed by atoms with Gasteiger partial charge in [0.1, 0.15) is 0 Å². The van der Waals surface area contributed by atoms with Crippen LogP contribution in [-0.4, -0.2) is 23.4 Å². The summed E-state index contributed by atoms with van der Waals surface area (Å²) >= 11 is 0. The summed E-state index contributed by atoms with van der Waals surface area (Å²) in [7, 11) is 0. The minimum absolute atomic E-state index is 0.0918. The monoisotopic (exact) mass is 212 g/mol. The Balaban J connectivity index is 2.08. The molecule has 15 heavy (non-hydrogen) atoms.